The molecule has 2 amide bonds. The summed E-state index contributed by atoms with van der Waals surface area (Å²) in [4.78, 5) is 57.9. The summed E-state index contributed by atoms with van der Waals surface area (Å²) in [6, 6.07) is 8.43. The molecule has 14 nitrogen and oxygen atoms in total. The second-order valence-corrected chi connectivity index (χ2v) is 14.5. The van der Waals surface area contributed by atoms with Crippen molar-refractivity contribution in [3.05, 3.63) is 54.2 Å². The van der Waals surface area contributed by atoms with E-state index in [1.165, 1.54) is 12.8 Å². The van der Waals surface area contributed by atoms with Crippen molar-refractivity contribution in [1.82, 2.24) is 43.9 Å². The maximum Gasteiger partial charge on any atom is 0.270 e. The predicted octanol–water partition coefficient (Wildman–Crippen LogP) is 5.28. The molecule has 0 spiro atoms. The minimum absolute atomic E-state index is 0.000137. The Morgan fingerprint density at radius 2 is 1.20 bits per heavy atom. The summed E-state index contributed by atoms with van der Waals surface area (Å²) in [6.45, 7) is 3.14. The third-order valence-corrected chi connectivity index (χ3v) is 10.7. The summed E-state index contributed by atoms with van der Waals surface area (Å²) in [5, 5.41) is 5.04. The van der Waals surface area contributed by atoms with E-state index < -0.39 is 0 Å². The molecule has 5 aromatic heterocycles. The molecule has 1 N–H and O–H groups in total. The van der Waals surface area contributed by atoms with Gasteiger partial charge in [0.05, 0.1) is 11.9 Å². The smallest absolute Gasteiger partial charge is 0.270 e. The van der Waals surface area contributed by atoms with Crippen LogP contribution in [0.4, 0.5) is 23.4 Å². The molecule has 0 bridgehead atoms. The zero-order chi connectivity index (χ0) is 35.2. The van der Waals surface area contributed by atoms with Crippen LogP contribution in [0.2, 0.25) is 0 Å². The Kier molecular flexibility index (Phi) is 8.68. The molecule has 6 heterocycles. The minimum atomic E-state index is -0.0255. The number of fused-ring (bicyclic) bond motifs is 2. The van der Waals surface area contributed by atoms with Crippen molar-refractivity contribution in [1.29, 1.82) is 0 Å². The number of carbonyl (C=O) groups is 2. The van der Waals surface area contributed by atoms with Crippen LogP contribution in [-0.4, -0.2) is 110 Å². The highest BCUT2D eigenvalue weighted by Gasteiger charge is 2.29. The van der Waals surface area contributed by atoms with Crippen molar-refractivity contribution >= 4 is 57.3 Å². The second-order valence-electron chi connectivity index (χ2n) is 14.5. The molecule has 266 valence electrons. The normalized spacial score (nSPS) is 17.2. The van der Waals surface area contributed by atoms with Gasteiger partial charge in [0.2, 0.25) is 11.9 Å². The number of nitrogens with zero attached hydrogens (tertiary/aromatic N) is 11. The molecule has 2 saturated carbocycles. The van der Waals surface area contributed by atoms with E-state index in [0.29, 0.717) is 29.1 Å². The number of carbonyl (C=O) groups excluding carboxylic acids is 2. The molecule has 0 atom stereocenters. The first-order valence-electron chi connectivity index (χ1n) is 18.2. The molecule has 3 aliphatic rings. The third-order valence-electron chi connectivity index (χ3n) is 10.7. The van der Waals surface area contributed by atoms with E-state index in [-0.39, 0.29) is 23.9 Å². The van der Waals surface area contributed by atoms with Gasteiger partial charge >= 0.3 is 0 Å². The van der Waals surface area contributed by atoms with E-state index in [1.807, 2.05) is 30.6 Å². The molecule has 14 heteroatoms. The quantitative estimate of drug-likeness (QED) is 0.230. The van der Waals surface area contributed by atoms with Crippen LogP contribution in [-0.2, 0) is 0 Å². The Balaban J connectivity index is 0.958. The molecule has 3 fully saturated rings. The fourth-order valence-corrected chi connectivity index (χ4v) is 8.00. The number of amides is 2. The number of hydrogen-bond donors (Lipinski definition) is 1. The highest BCUT2D eigenvalue weighted by atomic mass is 16.2. The number of aromatic nitrogens is 7. The van der Waals surface area contributed by atoms with Gasteiger partial charge in [-0.15, -0.1) is 0 Å². The topological polar surface area (TPSA) is 133 Å². The number of pyridine rings is 1. The molecular formula is C37H46N12O2. The van der Waals surface area contributed by atoms with Gasteiger partial charge in [-0.3, -0.25) is 9.59 Å². The van der Waals surface area contributed by atoms with Crippen LogP contribution in [0.25, 0.3) is 22.1 Å². The minimum Gasteiger partial charge on any atom is -0.367 e. The summed E-state index contributed by atoms with van der Waals surface area (Å²) in [7, 11) is 7.16. The zero-order valence-corrected chi connectivity index (χ0v) is 29.9. The Morgan fingerprint density at radius 1 is 0.667 bits per heavy atom. The summed E-state index contributed by atoms with van der Waals surface area (Å²) >= 11 is 0. The van der Waals surface area contributed by atoms with E-state index in [0.717, 1.165) is 92.5 Å². The van der Waals surface area contributed by atoms with Crippen LogP contribution in [0.5, 0.6) is 0 Å². The van der Waals surface area contributed by atoms with Crippen LogP contribution in [0.15, 0.2) is 42.9 Å². The van der Waals surface area contributed by atoms with Crippen molar-refractivity contribution in [2.75, 3.05) is 69.5 Å². The van der Waals surface area contributed by atoms with E-state index in [4.69, 9.17) is 19.9 Å². The lowest BCUT2D eigenvalue weighted by Gasteiger charge is -2.36. The van der Waals surface area contributed by atoms with Crippen molar-refractivity contribution in [2.45, 2.75) is 63.5 Å². The Morgan fingerprint density at radius 3 is 1.73 bits per heavy atom. The molecule has 1 aliphatic heterocycles. The standard InChI is InChI=1S/C37H46N12O2/c1-44(2)34(50)29-19-24-21-39-36(42-32(24)48(29)26-9-5-6-10-26)41-31-14-13-28(23-38-31)46-15-17-47(18-16-46)37-40-22-25-20-30(35(51)45(3)4)49(33(25)43-37)27-11-7-8-12-27/h13-14,19-23,26-27H,5-12,15-18H2,1-4H3,(H,38,39,41,42). The third kappa shape index (κ3) is 6.20. The number of anilines is 4. The fourth-order valence-electron chi connectivity index (χ4n) is 8.00. The van der Waals surface area contributed by atoms with Gasteiger partial charge in [0, 0.05) is 89.6 Å². The van der Waals surface area contributed by atoms with Gasteiger partial charge in [0.25, 0.3) is 11.8 Å². The summed E-state index contributed by atoms with van der Waals surface area (Å²) in [5.74, 6) is 1.78. The molecule has 51 heavy (non-hydrogen) atoms. The first-order chi connectivity index (χ1) is 24.7. The van der Waals surface area contributed by atoms with Crippen LogP contribution >= 0.6 is 0 Å². The van der Waals surface area contributed by atoms with Crippen molar-refractivity contribution < 1.29 is 9.59 Å². The summed E-state index contributed by atoms with van der Waals surface area (Å²) in [5.41, 5.74) is 4.02. The largest absolute Gasteiger partial charge is 0.367 e. The molecule has 0 radical (unpaired) electrons. The zero-order valence-electron chi connectivity index (χ0n) is 29.9. The van der Waals surface area contributed by atoms with Crippen LogP contribution in [0, 0.1) is 0 Å². The van der Waals surface area contributed by atoms with Gasteiger partial charge in [0.15, 0.2) is 0 Å². The highest BCUT2D eigenvalue weighted by molar-refractivity contribution is 5.98. The Hall–Kier alpha value is -5.27. The Labute approximate surface area is 297 Å². The summed E-state index contributed by atoms with van der Waals surface area (Å²) in [6.07, 6.45) is 14.4. The lowest BCUT2D eigenvalue weighted by Crippen LogP contribution is -2.47. The number of rotatable bonds is 8. The average molecular weight is 691 g/mol. The van der Waals surface area contributed by atoms with E-state index in [1.54, 1.807) is 44.2 Å². The lowest BCUT2D eigenvalue weighted by molar-refractivity contribution is 0.0808. The van der Waals surface area contributed by atoms with E-state index >= 15 is 0 Å². The predicted molar refractivity (Wildman–Crippen MR) is 198 cm³/mol. The van der Waals surface area contributed by atoms with Crippen molar-refractivity contribution in [3.8, 4) is 0 Å². The van der Waals surface area contributed by atoms with Gasteiger partial charge in [-0.1, -0.05) is 25.7 Å². The van der Waals surface area contributed by atoms with E-state index in [2.05, 4.69) is 35.3 Å². The maximum atomic E-state index is 13.1. The summed E-state index contributed by atoms with van der Waals surface area (Å²) < 4.78 is 4.29. The molecule has 5 aromatic rings. The maximum absolute atomic E-state index is 13.1. The average Bonchev–Trinajstić information content (AvgIpc) is 3.97. The van der Waals surface area contributed by atoms with Gasteiger partial charge in [-0.25, -0.2) is 15.0 Å². The highest BCUT2D eigenvalue weighted by Crippen LogP contribution is 2.36. The van der Waals surface area contributed by atoms with Crippen LogP contribution < -0.4 is 15.1 Å². The van der Waals surface area contributed by atoms with Gasteiger partial charge < -0.3 is 34.1 Å². The van der Waals surface area contributed by atoms with Crippen LogP contribution in [0.1, 0.15) is 84.4 Å². The van der Waals surface area contributed by atoms with Gasteiger partial charge in [-0.2, -0.15) is 9.97 Å². The fraction of sp³-hybridized carbons (Fsp3) is 0.486. The molecule has 0 aromatic carbocycles. The number of piperazine rings is 1. The lowest BCUT2D eigenvalue weighted by atomic mass is 10.2. The number of hydrogen-bond acceptors (Lipinski definition) is 10. The molecule has 2 aliphatic carbocycles. The second kappa shape index (κ2) is 13.5. The monoisotopic (exact) mass is 690 g/mol. The molecule has 1 saturated heterocycles. The molecular weight excluding hydrogens is 644 g/mol. The van der Waals surface area contributed by atoms with E-state index in [9.17, 15) is 9.59 Å². The molecule has 0 unspecified atom stereocenters. The SMILES string of the molecule is CN(C)C(=O)c1cc2cnc(Nc3ccc(N4CCN(c5ncc6cc(C(=O)N(C)C)n(C7CCCC7)c6n5)CC4)cn3)nc2n1C1CCCC1. The van der Waals surface area contributed by atoms with Crippen molar-refractivity contribution in [2.24, 2.45) is 0 Å². The Bertz CT molecular complexity index is 2060. The van der Waals surface area contributed by atoms with Gasteiger partial charge in [-0.05, 0) is 49.9 Å². The van der Waals surface area contributed by atoms with Crippen LogP contribution in [0.3, 0.4) is 0 Å². The van der Waals surface area contributed by atoms with Crippen molar-refractivity contribution in [3.63, 3.8) is 0 Å². The number of nitrogens with one attached hydrogen (secondary N) is 1. The van der Waals surface area contributed by atoms with Gasteiger partial charge in [0.1, 0.15) is 28.5 Å². The first-order valence-corrected chi connectivity index (χ1v) is 18.2. The first kappa shape index (κ1) is 32.9. The molecule has 8 rings (SSSR count).